The summed E-state index contributed by atoms with van der Waals surface area (Å²) in [4.78, 5) is 25.0. The average Bonchev–Trinajstić information content (AvgIpc) is 2.29. The molecular weight excluding hydrogens is 228 g/mol. The number of amides is 1. The number of benzene rings is 1. The Kier molecular flexibility index (Phi) is 5.52. The maximum Gasteiger partial charge on any atom is 0.234 e. The highest BCUT2D eigenvalue weighted by atomic mass is 16.2. The molecule has 0 fully saturated rings. The summed E-state index contributed by atoms with van der Waals surface area (Å²) in [6.45, 7) is 4.95. The second kappa shape index (κ2) is 6.91. The third kappa shape index (κ3) is 4.67. The lowest BCUT2D eigenvalue weighted by Crippen LogP contribution is -2.37. The van der Waals surface area contributed by atoms with E-state index in [2.05, 4.69) is 5.32 Å². The molecule has 0 radical (unpaired) electrons. The van der Waals surface area contributed by atoms with Crippen LogP contribution in [0.3, 0.4) is 0 Å². The zero-order chi connectivity index (χ0) is 13.5. The third-order valence-corrected chi connectivity index (χ3v) is 2.57. The Morgan fingerprint density at radius 2 is 1.78 bits per heavy atom. The summed E-state index contributed by atoms with van der Waals surface area (Å²) >= 11 is 0. The number of aryl methyl sites for hydroxylation is 1. The number of rotatable bonds is 6. The number of carbonyl (C=O) groups excluding carboxylic acids is 2. The summed E-state index contributed by atoms with van der Waals surface area (Å²) in [7, 11) is 1.77. The molecule has 0 bridgehead atoms. The van der Waals surface area contributed by atoms with Crippen molar-refractivity contribution in [3.8, 4) is 0 Å². The Morgan fingerprint density at radius 1 is 1.17 bits per heavy atom. The van der Waals surface area contributed by atoms with Crippen LogP contribution >= 0.6 is 0 Å². The number of ketones is 1. The second-order valence-electron chi connectivity index (χ2n) is 4.41. The van der Waals surface area contributed by atoms with Gasteiger partial charge in [-0.05, 0) is 20.9 Å². The monoisotopic (exact) mass is 248 g/mol. The number of hydrogen-bond donors (Lipinski definition) is 1. The molecule has 1 N–H and O–H groups in total. The number of nitrogens with zero attached hydrogens (tertiary/aromatic N) is 1. The fourth-order valence-corrected chi connectivity index (χ4v) is 1.63. The lowest BCUT2D eigenvalue weighted by molar-refractivity contribution is -0.121. The van der Waals surface area contributed by atoms with Crippen molar-refractivity contribution in [1.82, 2.24) is 10.2 Å². The fraction of sp³-hybridized carbons (Fsp3) is 0.429. The molecule has 0 saturated carbocycles. The van der Waals surface area contributed by atoms with Crippen molar-refractivity contribution < 1.29 is 9.59 Å². The smallest absolute Gasteiger partial charge is 0.234 e. The van der Waals surface area contributed by atoms with Crippen molar-refractivity contribution in [2.24, 2.45) is 0 Å². The first-order valence-corrected chi connectivity index (χ1v) is 6.08. The molecule has 0 aliphatic heterocycles. The highest BCUT2D eigenvalue weighted by Gasteiger charge is 2.11. The van der Waals surface area contributed by atoms with E-state index < -0.39 is 0 Å². The lowest BCUT2D eigenvalue weighted by Gasteiger charge is -2.15. The van der Waals surface area contributed by atoms with Gasteiger partial charge in [-0.15, -0.1) is 0 Å². The predicted molar refractivity (Wildman–Crippen MR) is 71.7 cm³/mol. The van der Waals surface area contributed by atoms with Crippen LogP contribution in [0.25, 0.3) is 0 Å². The number of hydrogen-bond acceptors (Lipinski definition) is 3. The van der Waals surface area contributed by atoms with Gasteiger partial charge in [-0.25, -0.2) is 0 Å². The van der Waals surface area contributed by atoms with Crippen LogP contribution < -0.4 is 5.32 Å². The summed E-state index contributed by atoms with van der Waals surface area (Å²) in [6, 6.07) is 7.46. The molecule has 1 aromatic carbocycles. The molecule has 0 spiro atoms. The largest absolute Gasteiger partial charge is 0.355 e. The first-order chi connectivity index (χ1) is 8.52. The molecule has 1 aromatic rings. The molecule has 0 saturated heterocycles. The summed E-state index contributed by atoms with van der Waals surface area (Å²) in [5.74, 6) is -0.0292. The molecule has 1 amide bonds. The minimum Gasteiger partial charge on any atom is -0.355 e. The van der Waals surface area contributed by atoms with Crippen LogP contribution in [0.1, 0.15) is 22.8 Å². The van der Waals surface area contributed by atoms with Gasteiger partial charge in [0.1, 0.15) is 0 Å². The Labute approximate surface area is 108 Å². The fourth-order valence-electron chi connectivity index (χ4n) is 1.63. The minimum absolute atomic E-state index is 0.0294. The topological polar surface area (TPSA) is 49.4 Å². The standard InChI is InChI=1S/C14H20N2O2/c1-4-15-14(18)10-16(3)9-13(17)12-7-5-11(2)6-8-12/h5-8H,4,9-10H2,1-3H3,(H,15,18). The van der Waals surface area contributed by atoms with E-state index in [-0.39, 0.29) is 24.8 Å². The van der Waals surface area contributed by atoms with E-state index in [1.807, 2.05) is 38.1 Å². The van der Waals surface area contributed by atoms with E-state index in [1.54, 1.807) is 11.9 Å². The van der Waals surface area contributed by atoms with Crippen molar-refractivity contribution in [3.05, 3.63) is 35.4 Å². The highest BCUT2D eigenvalue weighted by Crippen LogP contribution is 2.04. The molecule has 4 nitrogen and oxygen atoms in total. The van der Waals surface area contributed by atoms with E-state index in [4.69, 9.17) is 0 Å². The van der Waals surface area contributed by atoms with E-state index in [9.17, 15) is 9.59 Å². The van der Waals surface area contributed by atoms with Crippen LogP contribution in [0.5, 0.6) is 0 Å². The third-order valence-electron chi connectivity index (χ3n) is 2.57. The summed E-state index contributed by atoms with van der Waals surface area (Å²) in [5, 5.41) is 2.71. The van der Waals surface area contributed by atoms with Crippen LogP contribution in [-0.2, 0) is 4.79 Å². The van der Waals surface area contributed by atoms with Crippen molar-refractivity contribution >= 4 is 11.7 Å². The van der Waals surface area contributed by atoms with E-state index in [1.165, 1.54) is 0 Å². The first kappa shape index (κ1) is 14.4. The molecule has 0 aliphatic rings. The Morgan fingerprint density at radius 3 is 2.33 bits per heavy atom. The SMILES string of the molecule is CCNC(=O)CN(C)CC(=O)c1ccc(C)cc1. The molecule has 98 valence electrons. The molecule has 0 heterocycles. The summed E-state index contributed by atoms with van der Waals surface area (Å²) in [5.41, 5.74) is 1.81. The Hall–Kier alpha value is -1.68. The van der Waals surface area contributed by atoms with Gasteiger partial charge in [0.05, 0.1) is 13.1 Å². The van der Waals surface area contributed by atoms with Gasteiger partial charge in [0.25, 0.3) is 0 Å². The van der Waals surface area contributed by atoms with Crippen LogP contribution in [0.4, 0.5) is 0 Å². The van der Waals surface area contributed by atoms with Crippen molar-refractivity contribution in [2.75, 3.05) is 26.7 Å². The van der Waals surface area contributed by atoms with Crippen molar-refractivity contribution in [3.63, 3.8) is 0 Å². The number of Topliss-reactive ketones (excluding diaryl/α,β-unsaturated/α-hetero) is 1. The maximum atomic E-state index is 11.9. The Bertz CT molecular complexity index is 412. The van der Waals surface area contributed by atoms with Crippen molar-refractivity contribution in [1.29, 1.82) is 0 Å². The Balaban J connectivity index is 2.49. The minimum atomic E-state index is -0.0586. The van der Waals surface area contributed by atoms with Crippen molar-refractivity contribution in [2.45, 2.75) is 13.8 Å². The predicted octanol–water partition coefficient (Wildman–Crippen LogP) is 1.25. The quantitative estimate of drug-likeness (QED) is 0.771. The van der Waals surface area contributed by atoms with Gasteiger partial charge in [0.2, 0.25) is 5.91 Å². The second-order valence-corrected chi connectivity index (χ2v) is 4.41. The molecule has 4 heteroatoms. The van der Waals surface area contributed by atoms with Crippen LogP contribution in [0.2, 0.25) is 0 Å². The van der Waals surface area contributed by atoms with Crippen LogP contribution in [0, 0.1) is 6.92 Å². The van der Waals surface area contributed by atoms with Gasteiger partial charge in [0, 0.05) is 12.1 Å². The normalized spacial score (nSPS) is 10.4. The zero-order valence-electron chi connectivity index (χ0n) is 11.2. The number of likely N-dealkylation sites (N-methyl/N-ethyl adjacent to an activating group) is 2. The van der Waals surface area contributed by atoms with Gasteiger partial charge in [-0.1, -0.05) is 29.8 Å². The van der Waals surface area contributed by atoms with Crippen LogP contribution in [-0.4, -0.2) is 43.3 Å². The zero-order valence-corrected chi connectivity index (χ0v) is 11.2. The molecule has 0 atom stereocenters. The van der Waals surface area contributed by atoms with Crippen LogP contribution in [0.15, 0.2) is 24.3 Å². The molecule has 0 aromatic heterocycles. The summed E-state index contributed by atoms with van der Waals surface area (Å²) in [6.07, 6.45) is 0. The van der Waals surface area contributed by atoms with Gasteiger partial charge in [0.15, 0.2) is 5.78 Å². The highest BCUT2D eigenvalue weighted by molar-refractivity contribution is 5.97. The molecular formula is C14H20N2O2. The lowest BCUT2D eigenvalue weighted by atomic mass is 10.1. The van der Waals surface area contributed by atoms with E-state index in [0.29, 0.717) is 12.1 Å². The number of carbonyl (C=O) groups is 2. The molecule has 0 aliphatic carbocycles. The average molecular weight is 248 g/mol. The molecule has 18 heavy (non-hydrogen) atoms. The number of nitrogens with one attached hydrogen (secondary N) is 1. The first-order valence-electron chi connectivity index (χ1n) is 6.08. The van der Waals surface area contributed by atoms with Gasteiger partial charge in [-0.3, -0.25) is 14.5 Å². The maximum absolute atomic E-state index is 11.9. The van der Waals surface area contributed by atoms with Gasteiger partial charge < -0.3 is 5.32 Å². The van der Waals surface area contributed by atoms with E-state index >= 15 is 0 Å². The molecule has 0 unspecified atom stereocenters. The summed E-state index contributed by atoms with van der Waals surface area (Å²) < 4.78 is 0. The van der Waals surface area contributed by atoms with Gasteiger partial charge in [-0.2, -0.15) is 0 Å². The molecule has 1 rings (SSSR count). The van der Waals surface area contributed by atoms with E-state index in [0.717, 1.165) is 5.56 Å². The van der Waals surface area contributed by atoms with Gasteiger partial charge >= 0.3 is 0 Å².